The van der Waals surface area contributed by atoms with Gasteiger partial charge in [0.1, 0.15) is 5.92 Å². The molecule has 0 bridgehead atoms. The lowest BCUT2D eigenvalue weighted by Gasteiger charge is -2.04. The lowest BCUT2D eigenvalue weighted by molar-refractivity contribution is -0.138. The average Bonchev–Trinajstić information content (AvgIpc) is 2.70. The quantitative estimate of drug-likeness (QED) is 0.804. The number of carboxylic acid groups (broad SMARTS) is 1. The number of aliphatic carboxylic acids is 1. The lowest BCUT2D eigenvalue weighted by atomic mass is 10.2. The standard InChI is InChI=1S/C9H10N4O3/c1-5(9(14)15)8-11-10-6-3-4-7(16-2)12-13(6)8/h3-5H,1-2H3,(H,14,15). The summed E-state index contributed by atoms with van der Waals surface area (Å²) >= 11 is 0. The van der Waals surface area contributed by atoms with E-state index in [1.165, 1.54) is 18.5 Å². The van der Waals surface area contributed by atoms with E-state index in [1.54, 1.807) is 12.1 Å². The van der Waals surface area contributed by atoms with Gasteiger partial charge < -0.3 is 9.84 Å². The van der Waals surface area contributed by atoms with Crippen molar-refractivity contribution in [1.29, 1.82) is 0 Å². The fourth-order valence-electron chi connectivity index (χ4n) is 1.28. The normalized spacial score (nSPS) is 12.6. The molecule has 1 N–H and O–H groups in total. The number of ether oxygens (including phenoxy) is 1. The van der Waals surface area contributed by atoms with Crippen molar-refractivity contribution >= 4 is 11.6 Å². The smallest absolute Gasteiger partial charge is 0.314 e. The van der Waals surface area contributed by atoms with E-state index in [-0.39, 0.29) is 5.82 Å². The molecule has 0 radical (unpaired) electrons. The molecule has 0 aromatic carbocycles. The van der Waals surface area contributed by atoms with Crippen LogP contribution in [-0.4, -0.2) is 38.0 Å². The molecule has 16 heavy (non-hydrogen) atoms. The van der Waals surface area contributed by atoms with Crippen LogP contribution in [0.3, 0.4) is 0 Å². The molecule has 2 heterocycles. The van der Waals surface area contributed by atoms with Crippen LogP contribution < -0.4 is 4.74 Å². The Morgan fingerprint density at radius 1 is 1.50 bits per heavy atom. The van der Waals surface area contributed by atoms with Crippen LogP contribution in [0.2, 0.25) is 0 Å². The van der Waals surface area contributed by atoms with Crippen LogP contribution in [0.1, 0.15) is 18.7 Å². The maximum Gasteiger partial charge on any atom is 0.314 e. The minimum atomic E-state index is -0.973. The molecule has 1 unspecified atom stereocenters. The van der Waals surface area contributed by atoms with Crippen LogP contribution in [0.4, 0.5) is 0 Å². The fourth-order valence-corrected chi connectivity index (χ4v) is 1.28. The number of rotatable bonds is 3. The molecule has 0 aliphatic rings. The monoisotopic (exact) mass is 222 g/mol. The van der Waals surface area contributed by atoms with E-state index < -0.39 is 11.9 Å². The third-order valence-corrected chi connectivity index (χ3v) is 2.23. The molecular weight excluding hydrogens is 212 g/mol. The van der Waals surface area contributed by atoms with Crippen molar-refractivity contribution in [1.82, 2.24) is 19.8 Å². The molecule has 7 heteroatoms. The van der Waals surface area contributed by atoms with Crippen LogP contribution in [0, 0.1) is 0 Å². The molecule has 0 spiro atoms. The van der Waals surface area contributed by atoms with Crippen LogP contribution in [0.5, 0.6) is 5.88 Å². The summed E-state index contributed by atoms with van der Waals surface area (Å²) in [5.74, 6) is -1.08. The number of aromatic nitrogens is 4. The third-order valence-electron chi connectivity index (χ3n) is 2.23. The summed E-state index contributed by atoms with van der Waals surface area (Å²) in [6.07, 6.45) is 0. The van der Waals surface area contributed by atoms with Gasteiger partial charge in [-0.15, -0.1) is 15.3 Å². The number of nitrogens with zero attached hydrogens (tertiary/aromatic N) is 4. The van der Waals surface area contributed by atoms with Gasteiger partial charge in [-0.2, -0.15) is 4.52 Å². The molecule has 1 atom stereocenters. The Balaban J connectivity index is 2.57. The summed E-state index contributed by atoms with van der Waals surface area (Å²) in [6.45, 7) is 1.53. The molecule has 2 rings (SSSR count). The van der Waals surface area contributed by atoms with E-state index in [2.05, 4.69) is 15.3 Å². The van der Waals surface area contributed by atoms with Gasteiger partial charge in [0, 0.05) is 6.07 Å². The summed E-state index contributed by atoms with van der Waals surface area (Å²) in [5, 5.41) is 20.6. The number of hydrogen-bond donors (Lipinski definition) is 1. The zero-order chi connectivity index (χ0) is 11.7. The van der Waals surface area contributed by atoms with Crippen molar-refractivity contribution in [3.05, 3.63) is 18.0 Å². The molecule has 0 saturated heterocycles. The first-order valence-corrected chi connectivity index (χ1v) is 4.62. The topological polar surface area (TPSA) is 89.6 Å². The summed E-state index contributed by atoms with van der Waals surface area (Å²) in [7, 11) is 1.48. The van der Waals surface area contributed by atoms with E-state index in [0.717, 1.165) is 0 Å². The van der Waals surface area contributed by atoms with Gasteiger partial charge in [-0.1, -0.05) is 0 Å². The highest BCUT2D eigenvalue weighted by molar-refractivity contribution is 5.74. The number of hydrogen-bond acceptors (Lipinski definition) is 5. The Morgan fingerprint density at radius 2 is 2.25 bits per heavy atom. The average molecular weight is 222 g/mol. The van der Waals surface area contributed by atoms with Gasteiger partial charge in [-0.25, -0.2) is 0 Å². The number of fused-ring (bicyclic) bond motifs is 1. The molecule has 0 fully saturated rings. The van der Waals surface area contributed by atoms with Gasteiger partial charge in [0.2, 0.25) is 5.88 Å². The zero-order valence-corrected chi connectivity index (χ0v) is 8.78. The van der Waals surface area contributed by atoms with E-state index in [4.69, 9.17) is 9.84 Å². The van der Waals surface area contributed by atoms with E-state index in [9.17, 15) is 4.79 Å². The van der Waals surface area contributed by atoms with Crippen molar-refractivity contribution in [2.24, 2.45) is 0 Å². The second-order valence-electron chi connectivity index (χ2n) is 3.26. The van der Waals surface area contributed by atoms with Gasteiger partial charge in [-0.05, 0) is 13.0 Å². The number of carboxylic acids is 1. The van der Waals surface area contributed by atoms with E-state index in [0.29, 0.717) is 11.5 Å². The van der Waals surface area contributed by atoms with Crippen molar-refractivity contribution in [3.8, 4) is 5.88 Å². The molecule has 0 aliphatic carbocycles. The summed E-state index contributed by atoms with van der Waals surface area (Å²) < 4.78 is 6.32. The molecule has 84 valence electrons. The highest BCUT2D eigenvalue weighted by Gasteiger charge is 2.21. The Morgan fingerprint density at radius 3 is 2.88 bits per heavy atom. The molecule has 2 aromatic rings. The SMILES string of the molecule is COc1ccc2nnc(C(C)C(=O)O)n2n1. The van der Waals surface area contributed by atoms with Gasteiger partial charge in [-0.3, -0.25) is 4.79 Å². The second kappa shape index (κ2) is 3.76. The first-order valence-electron chi connectivity index (χ1n) is 4.62. The Labute approximate surface area is 90.7 Å². The van der Waals surface area contributed by atoms with Gasteiger partial charge in [0.05, 0.1) is 7.11 Å². The van der Waals surface area contributed by atoms with Crippen molar-refractivity contribution in [2.45, 2.75) is 12.8 Å². The number of carbonyl (C=O) groups is 1. The van der Waals surface area contributed by atoms with Gasteiger partial charge in [0.15, 0.2) is 11.5 Å². The lowest BCUT2D eigenvalue weighted by Crippen LogP contribution is -2.12. The summed E-state index contributed by atoms with van der Waals surface area (Å²) in [5.41, 5.74) is 0.490. The minimum Gasteiger partial charge on any atom is -0.481 e. The van der Waals surface area contributed by atoms with Crippen LogP contribution >= 0.6 is 0 Å². The summed E-state index contributed by atoms with van der Waals surface area (Å²) in [6, 6.07) is 3.30. The first-order chi connectivity index (χ1) is 7.63. The molecule has 7 nitrogen and oxygen atoms in total. The Bertz CT molecular complexity index is 537. The molecule has 2 aromatic heterocycles. The molecule has 0 aliphatic heterocycles. The predicted molar refractivity (Wildman–Crippen MR) is 53.4 cm³/mol. The molecular formula is C9H10N4O3. The van der Waals surface area contributed by atoms with Crippen molar-refractivity contribution in [2.75, 3.05) is 7.11 Å². The third kappa shape index (κ3) is 1.56. The Hall–Kier alpha value is -2.18. The van der Waals surface area contributed by atoms with Crippen LogP contribution in [0.25, 0.3) is 5.65 Å². The number of methoxy groups -OCH3 is 1. The van der Waals surface area contributed by atoms with Crippen molar-refractivity contribution in [3.63, 3.8) is 0 Å². The Kier molecular flexibility index (Phi) is 2.43. The summed E-state index contributed by atoms with van der Waals surface area (Å²) in [4.78, 5) is 10.9. The van der Waals surface area contributed by atoms with E-state index >= 15 is 0 Å². The van der Waals surface area contributed by atoms with Crippen LogP contribution in [-0.2, 0) is 4.79 Å². The van der Waals surface area contributed by atoms with Crippen LogP contribution in [0.15, 0.2) is 12.1 Å². The van der Waals surface area contributed by atoms with E-state index in [1.807, 2.05) is 0 Å². The minimum absolute atomic E-state index is 0.279. The van der Waals surface area contributed by atoms with Gasteiger partial charge in [0.25, 0.3) is 0 Å². The maximum absolute atomic E-state index is 10.9. The fraction of sp³-hybridized carbons (Fsp3) is 0.333. The molecule has 0 amide bonds. The highest BCUT2D eigenvalue weighted by atomic mass is 16.5. The highest BCUT2D eigenvalue weighted by Crippen LogP contribution is 2.15. The second-order valence-corrected chi connectivity index (χ2v) is 3.26. The largest absolute Gasteiger partial charge is 0.481 e. The van der Waals surface area contributed by atoms with Gasteiger partial charge >= 0.3 is 5.97 Å². The zero-order valence-electron chi connectivity index (χ0n) is 8.78. The maximum atomic E-state index is 10.9. The predicted octanol–water partition coefficient (Wildman–Crippen LogP) is 0.321. The van der Waals surface area contributed by atoms with Crippen molar-refractivity contribution < 1.29 is 14.6 Å². The molecule has 0 saturated carbocycles. The first kappa shape index (κ1) is 10.3.